The van der Waals surface area contributed by atoms with Crippen molar-refractivity contribution >= 4 is 28.6 Å². The smallest absolute Gasteiger partial charge is 0.275 e. The first-order valence-electron chi connectivity index (χ1n) is 11.6. The number of nitrogens with two attached hydrogens (primary N) is 1. The summed E-state index contributed by atoms with van der Waals surface area (Å²) < 4.78 is 20.2. The molecule has 3 heterocycles. The molecule has 184 valence electrons. The van der Waals surface area contributed by atoms with Crippen LogP contribution in [0.2, 0.25) is 0 Å². The van der Waals surface area contributed by atoms with Crippen LogP contribution >= 0.6 is 11.3 Å². The Bertz CT molecular complexity index is 1380. The van der Waals surface area contributed by atoms with Gasteiger partial charge in [0, 0.05) is 35.6 Å². The van der Waals surface area contributed by atoms with E-state index in [1.165, 1.54) is 17.4 Å². The van der Waals surface area contributed by atoms with Crippen LogP contribution in [0, 0.1) is 12.7 Å². The Morgan fingerprint density at radius 2 is 2.08 bits per heavy atom. The second-order valence-corrected chi connectivity index (χ2v) is 9.32. The number of amides is 1. The number of carbonyl (C=O) groups is 1. The van der Waals surface area contributed by atoms with Crippen molar-refractivity contribution in [3.8, 4) is 22.1 Å². The molecule has 2 aromatic heterocycles. The average molecular weight is 505 g/mol. The van der Waals surface area contributed by atoms with Crippen molar-refractivity contribution in [2.75, 3.05) is 23.3 Å². The first-order valence-corrected chi connectivity index (χ1v) is 12.5. The van der Waals surface area contributed by atoms with Gasteiger partial charge < -0.3 is 20.7 Å². The van der Waals surface area contributed by atoms with Gasteiger partial charge in [0.15, 0.2) is 11.6 Å². The topological polar surface area (TPSA) is 106 Å². The number of anilines is 2. The molecule has 0 unspecified atom stereocenters. The Morgan fingerprint density at radius 3 is 2.86 bits per heavy atom. The number of aromatic nitrogens is 3. The molecule has 1 fully saturated rings. The van der Waals surface area contributed by atoms with Crippen molar-refractivity contribution in [2.24, 2.45) is 5.73 Å². The lowest BCUT2D eigenvalue weighted by atomic mass is 10.1. The number of para-hydroxylation sites is 1. The molecule has 1 atom stereocenters. The number of benzene rings is 2. The second kappa shape index (κ2) is 10.4. The molecule has 0 radical (unpaired) electrons. The first kappa shape index (κ1) is 23.8. The van der Waals surface area contributed by atoms with Crippen LogP contribution in [-0.2, 0) is 0 Å². The number of carbonyl (C=O) groups excluding carboxylic acids is 1. The molecule has 1 saturated heterocycles. The van der Waals surface area contributed by atoms with E-state index in [0.717, 1.165) is 36.2 Å². The zero-order valence-corrected chi connectivity index (χ0v) is 20.5. The fraction of sp³-hybridized carbons (Fsp3) is 0.231. The Hall–Kier alpha value is -3.89. The van der Waals surface area contributed by atoms with Crippen molar-refractivity contribution in [1.29, 1.82) is 0 Å². The molecule has 10 heteroatoms. The normalized spacial score (nSPS) is 15.2. The molecular formula is C26H25FN6O2S. The maximum absolute atomic E-state index is 14.3. The van der Waals surface area contributed by atoms with Crippen molar-refractivity contribution in [3.05, 3.63) is 77.3 Å². The molecule has 0 bridgehead atoms. The van der Waals surface area contributed by atoms with Gasteiger partial charge in [-0.05, 0) is 50.1 Å². The molecule has 1 aliphatic rings. The van der Waals surface area contributed by atoms with Crippen molar-refractivity contribution < 1.29 is 13.9 Å². The third-order valence-electron chi connectivity index (χ3n) is 6.19. The number of halogens is 1. The van der Waals surface area contributed by atoms with E-state index in [1.807, 2.05) is 6.92 Å². The van der Waals surface area contributed by atoms with E-state index in [0.29, 0.717) is 28.7 Å². The highest BCUT2D eigenvalue weighted by molar-refractivity contribution is 7.13. The number of ether oxygens (including phenoxy) is 1. The van der Waals surface area contributed by atoms with Crippen LogP contribution in [0.3, 0.4) is 0 Å². The van der Waals surface area contributed by atoms with E-state index < -0.39 is 5.82 Å². The summed E-state index contributed by atoms with van der Waals surface area (Å²) in [6.07, 6.45) is 5.14. The number of nitrogens with one attached hydrogen (secondary N) is 1. The van der Waals surface area contributed by atoms with Crippen LogP contribution in [0.15, 0.2) is 60.2 Å². The maximum atomic E-state index is 14.3. The van der Waals surface area contributed by atoms with Crippen molar-refractivity contribution in [3.63, 3.8) is 0 Å². The summed E-state index contributed by atoms with van der Waals surface area (Å²) >= 11 is 1.36. The molecule has 0 saturated carbocycles. The predicted molar refractivity (Wildman–Crippen MR) is 138 cm³/mol. The SMILES string of the molecule is Cc1c(Oc2ccccc2F)ccc(NC(=O)c2csc(-c3ccnnc3)n2)c1N1CCC[C@@H]1CN. The largest absolute Gasteiger partial charge is 0.454 e. The van der Waals surface area contributed by atoms with Crippen LogP contribution in [0.5, 0.6) is 11.5 Å². The van der Waals surface area contributed by atoms with Gasteiger partial charge >= 0.3 is 0 Å². The summed E-state index contributed by atoms with van der Waals surface area (Å²) in [5.74, 6) is -0.121. The van der Waals surface area contributed by atoms with Gasteiger partial charge in [-0.15, -0.1) is 11.3 Å². The fourth-order valence-corrected chi connectivity index (χ4v) is 5.19. The summed E-state index contributed by atoms with van der Waals surface area (Å²) in [5, 5.41) is 13.1. The molecule has 1 amide bonds. The molecule has 4 aromatic rings. The zero-order valence-electron chi connectivity index (χ0n) is 19.6. The number of nitrogens with zero attached hydrogens (tertiary/aromatic N) is 4. The molecule has 36 heavy (non-hydrogen) atoms. The molecular weight excluding hydrogens is 479 g/mol. The Labute approximate surface area is 212 Å². The lowest BCUT2D eigenvalue weighted by Crippen LogP contribution is -2.36. The minimum Gasteiger partial charge on any atom is -0.454 e. The minimum atomic E-state index is -0.444. The van der Waals surface area contributed by atoms with E-state index in [-0.39, 0.29) is 17.7 Å². The molecule has 8 nitrogen and oxygen atoms in total. The zero-order chi connectivity index (χ0) is 25.1. The van der Waals surface area contributed by atoms with Gasteiger partial charge in [-0.1, -0.05) is 12.1 Å². The van der Waals surface area contributed by atoms with Crippen LogP contribution in [-0.4, -0.2) is 40.2 Å². The van der Waals surface area contributed by atoms with E-state index >= 15 is 0 Å². The van der Waals surface area contributed by atoms with Gasteiger partial charge in [0.2, 0.25) is 0 Å². The summed E-state index contributed by atoms with van der Waals surface area (Å²) in [4.78, 5) is 19.9. The molecule has 1 aliphatic heterocycles. The standard InChI is InChI=1S/C26H25FN6O2S/c1-16-22(35-23-7-3-2-6-19(23)27)9-8-20(24(16)33-12-4-5-18(33)13-28)31-25(34)21-15-36-26(32-21)17-10-11-29-30-14-17/h2-3,6-11,14-15,18H,4-5,12-13,28H2,1H3,(H,31,34)/t18-/m1/s1. The third-order valence-corrected chi connectivity index (χ3v) is 7.08. The van der Waals surface area contributed by atoms with Crippen LogP contribution < -0.4 is 20.7 Å². The van der Waals surface area contributed by atoms with E-state index in [9.17, 15) is 9.18 Å². The van der Waals surface area contributed by atoms with E-state index in [1.54, 1.807) is 54.2 Å². The molecule has 3 N–H and O–H groups in total. The van der Waals surface area contributed by atoms with Gasteiger partial charge in [0.05, 0.1) is 23.8 Å². The van der Waals surface area contributed by atoms with Crippen molar-refractivity contribution in [1.82, 2.24) is 15.2 Å². The van der Waals surface area contributed by atoms with Crippen molar-refractivity contribution in [2.45, 2.75) is 25.8 Å². The van der Waals surface area contributed by atoms with Gasteiger partial charge in [0.1, 0.15) is 16.5 Å². The summed E-state index contributed by atoms with van der Waals surface area (Å²) in [6, 6.07) is 11.7. The number of hydrogen-bond acceptors (Lipinski definition) is 8. The highest BCUT2D eigenvalue weighted by Gasteiger charge is 2.29. The van der Waals surface area contributed by atoms with Gasteiger partial charge in [-0.2, -0.15) is 10.2 Å². The van der Waals surface area contributed by atoms with Crippen LogP contribution in [0.4, 0.5) is 15.8 Å². The summed E-state index contributed by atoms with van der Waals surface area (Å²) in [6.45, 7) is 3.19. The quantitative estimate of drug-likeness (QED) is 0.364. The summed E-state index contributed by atoms with van der Waals surface area (Å²) in [7, 11) is 0. The van der Waals surface area contributed by atoms with Crippen LogP contribution in [0.1, 0.15) is 28.9 Å². The van der Waals surface area contributed by atoms with E-state index in [2.05, 4.69) is 25.4 Å². The fourth-order valence-electron chi connectivity index (χ4n) is 4.40. The van der Waals surface area contributed by atoms with Crippen LogP contribution in [0.25, 0.3) is 10.6 Å². The molecule has 2 aromatic carbocycles. The highest BCUT2D eigenvalue weighted by atomic mass is 32.1. The number of thiazole rings is 1. The Balaban J connectivity index is 1.47. The third kappa shape index (κ3) is 4.77. The number of hydrogen-bond donors (Lipinski definition) is 2. The lowest BCUT2D eigenvalue weighted by molar-refractivity contribution is 0.102. The lowest BCUT2D eigenvalue weighted by Gasteiger charge is -2.30. The van der Waals surface area contributed by atoms with E-state index in [4.69, 9.17) is 10.5 Å². The minimum absolute atomic E-state index is 0.133. The Morgan fingerprint density at radius 1 is 1.22 bits per heavy atom. The number of rotatable bonds is 7. The maximum Gasteiger partial charge on any atom is 0.275 e. The predicted octanol–water partition coefficient (Wildman–Crippen LogP) is 5.02. The second-order valence-electron chi connectivity index (χ2n) is 8.47. The average Bonchev–Trinajstić information content (AvgIpc) is 3.58. The summed E-state index contributed by atoms with van der Waals surface area (Å²) in [5.41, 5.74) is 9.40. The van der Waals surface area contributed by atoms with Gasteiger partial charge in [-0.25, -0.2) is 9.37 Å². The highest BCUT2D eigenvalue weighted by Crippen LogP contribution is 2.41. The molecule has 5 rings (SSSR count). The van der Waals surface area contributed by atoms with Gasteiger partial charge in [-0.3, -0.25) is 4.79 Å². The molecule has 0 aliphatic carbocycles. The monoisotopic (exact) mass is 504 g/mol. The first-order chi connectivity index (χ1) is 17.5. The van der Waals surface area contributed by atoms with Gasteiger partial charge in [0.25, 0.3) is 5.91 Å². The molecule has 0 spiro atoms. The Kier molecular flexibility index (Phi) is 6.88.